The Labute approximate surface area is 84.2 Å². The molecule has 1 fully saturated rings. The van der Waals surface area contributed by atoms with E-state index in [0.29, 0.717) is 0 Å². The summed E-state index contributed by atoms with van der Waals surface area (Å²) in [6.07, 6.45) is 2.04. The van der Waals surface area contributed by atoms with E-state index < -0.39 is 6.61 Å². The Morgan fingerprint density at radius 2 is 2.07 bits per heavy atom. The van der Waals surface area contributed by atoms with E-state index in [4.69, 9.17) is 0 Å². The Morgan fingerprint density at radius 1 is 1.43 bits per heavy atom. The lowest BCUT2D eigenvalue weighted by molar-refractivity contribution is -0.142. The minimum Gasteiger partial charge on any atom is -0.321 e. The van der Waals surface area contributed by atoms with Crippen molar-refractivity contribution in [3.05, 3.63) is 0 Å². The summed E-state index contributed by atoms with van der Waals surface area (Å²) in [5.74, 6) is 0. The van der Waals surface area contributed by atoms with Crippen molar-refractivity contribution in [1.29, 1.82) is 0 Å². The van der Waals surface area contributed by atoms with Crippen molar-refractivity contribution in [3.8, 4) is 0 Å². The first kappa shape index (κ1) is 11.9. The van der Waals surface area contributed by atoms with Crippen molar-refractivity contribution in [2.75, 3.05) is 13.2 Å². The van der Waals surface area contributed by atoms with Gasteiger partial charge in [-0.3, -0.25) is 4.90 Å². The molecule has 0 aliphatic carbocycles. The van der Waals surface area contributed by atoms with Gasteiger partial charge >= 0.3 is 6.61 Å². The van der Waals surface area contributed by atoms with Gasteiger partial charge in [-0.15, -0.1) is 0 Å². The SMILES string of the molecule is CC(C)(C)N1CCC[C@@H]1COC(F)F. The van der Waals surface area contributed by atoms with Crippen LogP contribution in [-0.4, -0.2) is 36.2 Å². The van der Waals surface area contributed by atoms with Gasteiger partial charge in [0.1, 0.15) is 0 Å². The number of hydrogen-bond donors (Lipinski definition) is 0. The average Bonchev–Trinajstić information content (AvgIpc) is 2.46. The summed E-state index contributed by atoms with van der Waals surface area (Å²) in [5, 5.41) is 0. The van der Waals surface area contributed by atoms with Gasteiger partial charge in [0, 0.05) is 11.6 Å². The predicted octanol–water partition coefficient (Wildman–Crippen LogP) is 2.49. The summed E-state index contributed by atoms with van der Waals surface area (Å²) in [5.41, 5.74) is 0.0483. The Bertz CT molecular complexity index is 179. The van der Waals surface area contributed by atoms with Crippen LogP contribution in [0.15, 0.2) is 0 Å². The maximum atomic E-state index is 11.9. The molecule has 1 saturated heterocycles. The van der Waals surface area contributed by atoms with Gasteiger partial charge in [-0.05, 0) is 40.2 Å². The molecule has 1 aliphatic heterocycles. The highest BCUT2D eigenvalue weighted by molar-refractivity contribution is 4.87. The second-order valence-corrected chi connectivity index (χ2v) is 4.75. The zero-order valence-electron chi connectivity index (χ0n) is 9.09. The van der Waals surface area contributed by atoms with E-state index in [2.05, 4.69) is 30.4 Å². The average molecular weight is 207 g/mol. The van der Waals surface area contributed by atoms with Crippen molar-refractivity contribution in [1.82, 2.24) is 4.90 Å². The maximum absolute atomic E-state index is 11.9. The predicted molar refractivity (Wildman–Crippen MR) is 51.4 cm³/mol. The number of halogens is 2. The lowest BCUT2D eigenvalue weighted by Crippen LogP contribution is -2.46. The van der Waals surface area contributed by atoms with Gasteiger partial charge < -0.3 is 4.74 Å². The van der Waals surface area contributed by atoms with E-state index in [9.17, 15) is 8.78 Å². The molecule has 1 aliphatic rings. The molecular formula is C10H19F2NO. The van der Waals surface area contributed by atoms with E-state index in [-0.39, 0.29) is 18.2 Å². The summed E-state index contributed by atoms with van der Waals surface area (Å²) in [6.45, 7) is 4.81. The van der Waals surface area contributed by atoms with Gasteiger partial charge in [-0.25, -0.2) is 0 Å². The second-order valence-electron chi connectivity index (χ2n) is 4.75. The van der Waals surface area contributed by atoms with Crippen LogP contribution in [0, 0.1) is 0 Å². The van der Waals surface area contributed by atoms with E-state index in [1.165, 1.54) is 0 Å². The molecule has 0 N–H and O–H groups in total. The third-order valence-corrected chi connectivity index (χ3v) is 2.65. The van der Waals surface area contributed by atoms with Gasteiger partial charge in [0.05, 0.1) is 6.61 Å². The molecule has 0 spiro atoms. The number of hydrogen-bond acceptors (Lipinski definition) is 2. The molecule has 1 atom stereocenters. The lowest BCUT2D eigenvalue weighted by Gasteiger charge is -2.36. The molecule has 4 heteroatoms. The molecule has 1 rings (SSSR count). The number of rotatable bonds is 3. The summed E-state index contributed by atoms with van der Waals surface area (Å²) in [6, 6.07) is 0.156. The Hall–Kier alpha value is -0.220. The van der Waals surface area contributed by atoms with Crippen molar-refractivity contribution < 1.29 is 13.5 Å². The van der Waals surface area contributed by atoms with Crippen LogP contribution >= 0.6 is 0 Å². The normalized spacial score (nSPS) is 24.9. The van der Waals surface area contributed by atoms with Gasteiger partial charge in [0.2, 0.25) is 0 Å². The van der Waals surface area contributed by atoms with Crippen LogP contribution in [0.3, 0.4) is 0 Å². The molecule has 0 bridgehead atoms. The third kappa shape index (κ3) is 3.17. The molecule has 0 amide bonds. The van der Waals surface area contributed by atoms with Crippen LogP contribution in [0.5, 0.6) is 0 Å². The molecule has 0 aromatic carbocycles. The first-order valence-corrected chi connectivity index (χ1v) is 5.08. The Balaban J connectivity index is 2.43. The zero-order chi connectivity index (χ0) is 10.8. The van der Waals surface area contributed by atoms with Crippen LogP contribution in [0.1, 0.15) is 33.6 Å². The van der Waals surface area contributed by atoms with Crippen LogP contribution in [0.25, 0.3) is 0 Å². The molecule has 14 heavy (non-hydrogen) atoms. The van der Waals surface area contributed by atoms with Crippen LogP contribution in [-0.2, 0) is 4.74 Å². The molecule has 0 aromatic rings. The minimum atomic E-state index is -2.64. The van der Waals surface area contributed by atoms with E-state index >= 15 is 0 Å². The van der Waals surface area contributed by atoms with Crippen LogP contribution in [0.4, 0.5) is 8.78 Å². The maximum Gasteiger partial charge on any atom is 0.345 e. The molecule has 0 radical (unpaired) electrons. The van der Waals surface area contributed by atoms with Gasteiger partial charge in [0.25, 0.3) is 0 Å². The standard InChI is InChI=1S/C10H19F2NO/c1-10(2,3)13-6-4-5-8(13)7-14-9(11)12/h8-9H,4-7H2,1-3H3/t8-/m1/s1. The monoisotopic (exact) mass is 207 g/mol. The number of alkyl halides is 2. The quantitative estimate of drug-likeness (QED) is 0.705. The van der Waals surface area contributed by atoms with Crippen molar-refractivity contribution in [2.45, 2.75) is 51.8 Å². The van der Waals surface area contributed by atoms with Crippen LogP contribution < -0.4 is 0 Å². The topological polar surface area (TPSA) is 12.5 Å². The fourth-order valence-electron chi connectivity index (χ4n) is 2.08. The molecule has 0 aromatic heterocycles. The number of ether oxygens (including phenoxy) is 1. The van der Waals surface area contributed by atoms with Crippen molar-refractivity contribution in [2.24, 2.45) is 0 Å². The van der Waals surface area contributed by atoms with E-state index in [1.807, 2.05) is 0 Å². The van der Waals surface area contributed by atoms with Gasteiger partial charge in [-0.2, -0.15) is 8.78 Å². The molecule has 84 valence electrons. The first-order chi connectivity index (χ1) is 6.41. The van der Waals surface area contributed by atoms with Crippen LogP contribution in [0.2, 0.25) is 0 Å². The first-order valence-electron chi connectivity index (χ1n) is 5.08. The fourth-order valence-corrected chi connectivity index (χ4v) is 2.08. The number of nitrogens with zero attached hydrogens (tertiary/aromatic N) is 1. The largest absolute Gasteiger partial charge is 0.345 e. The molecular weight excluding hydrogens is 188 g/mol. The third-order valence-electron chi connectivity index (χ3n) is 2.65. The summed E-state index contributed by atoms with van der Waals surface area (Å²) < 4.78 is 28.1. The second kappa shape index (κ2) is 4.53. The highest BCUT2D eigenvalue weighted by atomic mass is 19.3. The summed E-state index contributed by atoms with van der Waals surface area (Å²) in [4.78, 5) is 2.25. The summed E-state index contributed by atoms with van der Waals surface area (Å²) in [7, 11) is 0. The molecule has 1 heterocycles. The Morgan fingerprint density at radius 3 is 2.57 bits per heavy atom. The summed E-state index contributed by atoms with van der Waals surface area (Å²) >= 11 is 0. The Kier molecular flexibility index (Phi) is 3.84. The van der Waals surface area contributed by atoms with E-state index in [0.717, 1.165) is 19.4 Å². The zero-order valence-corrected chi connectivity index (χ0v) is 9.09. The fraction of sp³-hybridized carbons (Fsp3) is 1.00. The van der Waals surface area contributed by atoms with Crippen molar-refractivity contribution >= 4 is 0 Å². The van der Waals surface area contributed by atoms with Gasteiger partial charge in [0.15, 0.2) is 0 Å². The lowest BCUT2D eigenvalue weighted by atomic mass is 10.1. The smallest absolute Gasteiger partial charge is 0.321 e. The van der Waals surface area contributed by atoms with Gasteiger partial charge in [-0.1, -0.05) is 0 Å². The van der Waals surface area contributed by atoms with Crippen molar-refractivity contribution in [3.63, 3.8) is 0 Å². The number of likely N-dealkylation sites (tertiary alicyclic amines) is 1. The molecule has 0 saturated carbocycles. The van der Waals surface area contributed by atoms with E-state index in [1.54, 1.807) is 0 Å². The molecule has 0 unspecified atom stereocenters. The minimum absolute atomic E-state index is 0.0483. The highest BCUT2D eigenvalue weighted by Crippen LogP contribution is 2.26. The molecule has 2 nitrogen and oxygen atoms in total. The highest BCUT2D eigenvalue weighted by Gasteiger charge is 2.33.